The number of fused-ring (bicyclic) bond motifs is 4. The first-order valence-corrected chi connectivity index (χ1v) is 31.3. The molecule has 10 fully saturated rings. The van der Waals surface area contributed by atoms with Gasteiger partial charge in [-0.3, -0.25) is 4.79 Å². The van der Waals surface area contributed by atoms with Crippen LogP contribution in [0.5, 0.6) is 11.5 Å². The van der Waals surface area contributed by atoms with Gasteiger partial charge in [-0.2, -0.15) is 0 Å². The number of hydrogen-bond acceptors (Lipinski definition) is 32. The van der Waals surface area contributed by atoms with Crippen molar-refractivity contribution in [1.82, 2.24) is 0 Å². The van der Waals surface area contributed by atoms with Gasteiger partial charge in [-0.15, -0.1) is 0 Å². The lowest BCUT2D eigenvalue weighted by atomic mass is 9.80. The summed E-state index contributed by atoms with van der Waals surface area (Å²) in [5.41, 5.74) is -3.03. The summed E-state index contributed by atoms with van der Waals surface area (Å²) in [5, 5.41) is 89.9. The molecular weight excluding hydrogens is 1230 g/mol. The normalized spacial score (nSPS) is 48.9. The van der Waals surface area contributed by atoms with Gasteiger partial charge < -0.3 is 145 Å². The van der Waals surface area contributed by atoms with Crippen molar-refractivity contribution in [2.45, 2.75) is 283 Å². The highest BCUT2D eigenvalue weighted by molar-refractivity contribution is 5.94. The van der Waals surface area contributed by atoms with E-state index in [1.807, 2.05) is 0 Å². The number of phenolic OH excluding ortho intramolecular Hbond substituents is 2. The van der Waals surface area contributed by atoms with Gasteiger partial charge in [0, 0.05) is 40.2 Å². The second-order valence-corrected chi connectivity index (χ2v) is 26.0. The monoisotopic (exact) mass is 1320 g/mol. The summed E-state index contributed by atoms with van der Waals surface area (Å²) >= 11 is 0. The Morgan fingerprint density at radius 3 is 2.01 bits per heavy atom. The smallest absolute Gasteiger partial charge is 0.342 e. The number of aromatic hydroxyl groups is 2. The Morgan fingerprint density at radius 1 is 0.652 bits per heavy atom. The van der Waals surface area contributed by atoms with Crippen molar-refractivity contribution in [3.05, 3.63) is 23.3 Å². The number of aliphatic hydroxyl groups is 6. The lowest BCUT2D eigenvalue weighted by Gasteiger charge is -2.51. The Morgan fingerprint density at radius 2 is 1.35 bits per heavy atom. The fourth-order valence-corrected chi connectivity index (χ4v) is 14.5. The Labute approximate surface area is 530 Å². The van der Waals surface area contributed by atoms with Crippen molar-refractivity contribution in [1.29, 1.82) is 0 Å². The van der Waals surface area contributed by atoms with Crippen molar-refractivity contribution in [2.24, 2.45) is 5.92 Å². The van der Waals surface area contributed by atoms with Gasteiger partial charge in [0.05, 0.1) is 74.4 Å². The first-order chi connectivity index (χ1) is 43.5. The van der Waals surface area contributed by atoms with Crippen LogP contribution in [0.3, 0.4) is 0 Å². The van der Waals surface area contributed by atoms with Crippen molar-refractivity contribution in [3.8, 4) is 11.5 Å². The van der Waals surface area contributed by atoms with E-state index in [-0.39, 0.29) is 56.1 Å². The van der Waals surface area contributed by atoms with Crippen LogP contribution in [-0.4, -0.2) is 289 Å². The number of hydrogen-bond donors (Lipinski definition) is 8. The van der Waals surface area contributed by atoms with Gasteiger partial charge in [-0.1, -0.05) is 13.8 Å². The minimum Gasteiger partial charge on any atom is -0.508 e. The zero-order valence-electron chi connectivity index (χ0n) is 53.5. The lowest BCUT2D eigenvalue weighted by molar-refractivity contribution is -0.439. The highest BCUT2D eigenvalue weighted by atomic mass is 16.9. The van der Waals surface area contributed by atoms with Crippen LogP contribution in [-0.2, 0) is 109 Å². The first kappa shape index (κ1) is 70.1. The maximum absolute atomic E-state index is 13.4. The highest BCUT2D eigenvalue weighted by Gasteiger charge is 2.73. The summed E-state index contributed by atoms with van der Waals surface area (Å²) < 4.78 is 137. The zero-order valence-corrected chi connectivity index (χ0v) is 53.5. The molecule has 10 saturated heterocycles. The van der Waals surface area contributed by atoms with Crippen LogP contribution in [0.1, 0.15) is 97.5 Å². The largest absolute Gasteiger partial charge is 0.508 e. The maximum atomic E-state index is 13.4. The molecule has 8 N–H and O–H groups in total. The number of benzene rings is 1. The molecule has 0 unspecified atom stereocenters. The van der Waals surface area contributed by atoms with Crippen LogP contribution >= 0.6 is 0 Å². The van der Waals surface area contributed by atoms with E-state index in [9.17, 15) is 50.4 Å². The van der Waals surface area contributed by atoms with Crippen LogP contribution < -0.4 is 0 Å². The number of carbonyl (C=O) groups excluding carboxylic acids is 2. The van der Waals surface area contributed by atoms with E-state index in [1.54, 1.807) is 48.5 Å². The molecule has 0 saturated carbocycles. The maximum Gasteiger partial charge on any atom is 0.342 e. The minimum absolute atomic E-state index is 0.0125. The Bertz CT molecular complexity index is 2680. The SMILES string of the molecule is COC[C@H]1O[C@@H](O[C@H]2OC[C@@H]3O[C@]4(O[C@@H]3[C@@H]2OC(=O)C(C)C)O[C@@H](C)[C@@](O)([C@@H](C)O)[C@H]2OCO[C@@H]24)[C@@H](OC)[C@@H](O)[C@@H]1O[C@H]1O[C@H](C)[C@H](OC)[C@@H](O[C@@H]2C[C@@]3(C)O[C@]4(C[C@H](O)[C@H](O[C@H]5C[C@@H](O)[C@@H](OC(=O)c6c(C)cc(O)cc6O)[C@H](C)O5)[C@@H](C)O4)O[C@H]3[C@H](C)O2)[C@H]1O. The predicted octanol–water partition coefficient (Wildman–Crippen LogP) is -0.766. The average Bonchev–Trinajstić information content (AvgIpc) is 1.52. The van der Waals surface area contributed by atoms with Crippen LogP contribution in [0.25, 0.3) is 0 Å². The number of carbonyl (C=O) groups is 2. The summed E-state index contributed by atoms with van der Waals surface area (Å²) in [4.78, 5) is 26.6. The summed E-state index contributed by atoms with van der Waals surface area (Å²) in [5.74, 6) is -6.77. The van der Waals surface area contributed by atoms with Crippen molar-refractivity contribution in [3.63, 3.8) is 0 Å². The molecular formula is C60H90O32. The lowest BCUT2D eigenvalue weighted by Crippen LogP contribution is -2.72. The standard InChI is InChI=1S/C60H90O32/c1-22(2)52(68)84-48-45-35(89-60(90-45)51-50(75-21-76-51)59(70,28(8)61)29(9)88-60)20-74-55(48)86-56-47(73-13)39(66)44(34(80-56)19-71-11)85-54-40(67)46(43(72-12)25(5)79-54)82-37-18-57(10)49(27(7)78-37)91-58(92-57)17-33(65)42(26(6)87-58)81-36-16-32(64)41(24(4)77-36)83-53(69)38-23(3)14-30(62)15-31(38)63/h14-15,22,24-29,32-37,39-51,54-56,61-67,70H,16-21H2,1-13H3/t24-,25+,26+,27-,28+,29-,32+,33-,34+,35-,36-,37+,39-,40+,41-,42+,43-,44+,45-,46-,47-,48-,49-,50-,51-,54+,55+,56-,57+,58-,59-,60+/m0/s1. The van der Waals surface area contributed by atoms with E-state index in [2.05, 4.69) is 0 Å². The molecule has 0 radical (unpaired) electrons. The van der Waals surface area contributed by atoms with E-state index in [1.165, 1.54) is 48.2 Å². The average molecular weight is 1320 g/mol. The fourth-order valence-electron chi connectivity index (χ4n) is 14.5. The molecule has 10 aliphatic heterocycles. The van der Waals surface area contributed by atoms with Crippen LogP contribution in [0.2, 0.25) is 0 Å². The molecule has 32 heteroatoms. The minimum atomic E-state index is -2.03. The molecule has 10 aliphatic rings. The van der Waals surface area contributed by atoms with E-state index < -0.39 is 219 Å². The second kappa shape index (κ2) is 27.2. The Hall–Kier alpha value is -3.28. The van der Waals surface area contributed by atoms with Gasteiger partial charge in [-0.05, 0) is 67.0 Å². The molecule has 522 valence electrons. The Kier molecular flexibility index (Phi) is 20.7. The van der Waals surface area contributed by atoms with Gasteiger partial charge in [0.15, 0.2) is 43.5 Å². The van der Waals surface area contributed by atoms with E-state index in [4.69, 9.17) is 104 Å². The molecule has 1 aromatic rings. The van der Waals surface area contributed by atoms with Crippen molar-refractivity contribution >= 4 is 11.9 Å². The van der Waals surface area contributed by atoms with Crippen LogP contribution in [0.4, 0.5) is 0 Å². The van der Waals surface area contributed by atoms with Gasteiger partial charge >= 0.3 is 17.9 Å². The topological polar surface area (TPSA) is 399 Å². The van der Waals surface area contributed by atoms with Crippen molar-refractivity contribution in [2.75, 3.05) is 41.3 Å². The molecule has 0 aliphatic carbocycles. The zero-order chi connectivity index (χ0) is 66.4. The van der Waals surface area contributed by atoms with E-state index in [0.717, 1.165) is 6.07 Å². The second-order valence-electron chi connectivity index (χ2n) is 26.0. The Balaban J connectivity index is 0.724. The third-order valence-corrected chi connectivity index (χ3v) is 19.1. The molecule has 1 aromatic carbocycles. The summed E-state index contributed by atoms with van der Waals surface area (Å²) in [6.07, 6.45) is -33.4. The first-order valence-electron chi connectivity index (χ1n) is 31.3. The summed E-state index contributed by atoms with van der Waals surface area (Å²) in [7, 11) is 4.12. The molecule has 10 heterocycles. The van der Waals surface area contributed by atoms with Gasteiger partial charge in [-0.25, -0.2) is 4.79 Å². The number of phenols is 2. The van der Waals surface area contributed by atoms with Gasteiger partial charge in [0.25, 0.3) is 5.97 Å². The summed E-state index contributed by atoms with van der Waals surface area (Å²) in [6.45, 7) is 15.4. The predicted molar refractivity (Wildman–Crippen MR) is 299 cm³/mol. The molecule has 2 spiro atoms. The number of methoxy groups -OCH3 is 3. The molecule has 0 bridgehead atoms. The van der Waals surface area contributed by atoms with Crippen molar-refractivity contribution < 1.29 is 155 Å². The molecule has 32 nitrogen and oxygen atoms in total. The number of aryl methyl sites for hydroxylation is 1. The van der Waals surface area contributed by atoms with E-state index in [0.29, 0.717) is 0 Å². The molecule has 11 rings (SSSR count). The molecule has 92 heavy (non-hydrogen) atoms. The van der Waals surface area contributed by atoms with Crippen LogP contribution in [0.15, 0.2) is 12.1 Å². The molecule has 0 amide bonds. The van der Waals surface area contributed by atoms with Gasteiger partial charge in [0.1, 0.15) is 108 Å². The van der Waals surface area contributed by atoms with Gasteiger partial charge in [0.2, 0.25) is 6.29 Å². The summed E-state index contributed by atoms with van der Waals surface area (Å²) in [6, 6.07) is 2.30. The number of esters is 2. The number of aliphatic hydroxyl groups excluding tert-OH is 5. The number of ether oxygens (including phenoxy) is 22. The number of rotatable bonds is 17. The van der Waals surface area contributed by atoms with Crippen LogP contribution in [0, 0.1) is 12.8 Å². The highest BCUT2D eigenvalue weighted by Crippen LogP contribution is 2.53. The van der Waals surface area contributed by atoms with E-state index >= 15 is 0 Å². The molecule has 0 aromatic heterocycles. The third kappa shape index (κ3) is 13.0. The quantitative estimate of drug-likeness (QED) is 0.0888. The third-order valence-electron chi connectivity index (χ3n) is 19.1. The molecule has 32 atom stereocenters. The fraction of sp³-hybridized carbons (Fsp3) is 0.867.